The minimum absolute atomic E-state index is 0.0293. The molecule has 1 aliphatic heterocycles. The van der Waals surface area contributed by atoms with E-state index in [1.807, 2.05) is 49.3 Å². The largest absolute Gasteiger partial charge is 0.355 e. The number of likely N-dealkylation sites (tertiary alicyclic amines) is 1. The third kappa shape index (κ3) is 3.50. The SMILES string of the molecule is CC(C)(C)C(=O)N1CCCCC[C@H]1c1cc(-c2cccs2)on1. The Morgan fingerprint density at radius 2 is 2.17 bits per heavy atom. The van der Waals surface area contributed by atoms with Crippen LogP contribution in [0.25, 0.3) is 10.6 Å². The van der Waals surface area contributed by atoms with Crippen molar-refractivity contribution in [3.63, 3.8) is 0 Å². The molecular weight excluding hydrogens is 308 g/mol. The lowest BCUT2D eigenvalue weighted by molar-refractivity contribution is -0.142. The van der Waals surface area contributed by atoms with Crippen molar-refractivity contribution in [3.05, 3.63) is 29.3 Å². The van der Waals surface area contributed by atoms with Crippen LogP contribution in [0.2, 0.25) is 0 Å². The van der Waals surface area contributed by atoms with E-state index in [1.54, 1.807) is 11.3 Å². The van der Waals surface area contributed by atoms with E-state index in [0.717, 1.165) is 42.1 Å². The van der Waals surface area contributed by atoms with E-state index in [0.29, 0.717) is 0 Å². The van der Waals surface area contributed by atoms with Gasteiger partial charge in [0.2, 0.25) is 5.91 Å². The number of hydrogen-bond donors (Lipinski definition) is 0. The van der Waals surface area contributed by atoms with Crippen molar-refractivity contribution < 1.29 is 9.32 Å². The van der Waals surface area contributed by atoms with Gasteiger partial charge in [0.1, 0.15) is 5.69 Å². The van der Waals surface area contributed by atoms with Crippen LogP contribution in [0.3, 0.4) is 0 Å². The van der Waals surface area contributed by atoms with Crippen molar-refractivity contribution in [2.45, 2.75) is 52.5 Å². The quantitative estimate of drug-likeness (QED) is 0.786. The number of thiophene rings is 1. The molecule has 2 aromatic heterocycles. The first-order chi connectivity index (χ1) is 11.0. The van der Waals surface area contributed by atoms with E-state index in [2.05, 4.69) is 5.16 Å². The molecule has 0 bridgehead atoms. The molecule has 124 valence electrons. The molecule has 3 heterocycles. The summed E-state index contributed by atoms with van der Waals surface area (Å²) in [5.74, 6) is 0.993. The number of hydrogen-bond acceptors (Lipinski definition) is 4. The molecule has 0 aromatic carbocycles. The van der Waals surface area contributed by atoms with Gasteiger partial charge in [0.25, 0.3) is 0 Å². The molecule has 23 heavy (non-hydrogen) atoms. The molecule has 2 aromatic rings. The van der Waals surface area contributed by atoms with Gasteiger partial charge >= 0.3 is 0 Å². The molecule has 0 saturated carbocycles. The van der Waals surface area contributed by atoms with Crippen LogP contribution in [0.15, 0.2) is 28.1 Å². The van der Waals surface area contributed by atoms with Gasteiger partial charge in [0.15, 0.2) is 5.76 Å². The summed E-state index contributed by atoms with van der Waals surface area (Å²) >= 11 is 1.64. The van der Waals surface area contributed by atoms with E-state index in [1.165, 1.54) is 6.42 Å². The molecule has 0 N–H and O–H groups in total. The number of amides is 1. The average Bonchev–Trinajstić information content (AvgIpc) is 3.12. The third-order valence-electron chi connectivity index (χ3n) is 4.29. The molecule has 0 radical (unpaired) electrons. The lowest BCUT2D eigenvalue weighted by Gasteiger charge is -2.33. The van der Waals surface area contributed by atoms with Gasteiger partial charge in [-0.2, -0.15) is 0 Å². The molecule has 3 rings (SSSR count). The van der Waals surface area contributed by atoms with Gasteiger partial charge in [-0.3, -0.25) is 4.79 Å². The highest BCUT2D eigenvalue weighted by Gasteiger charge is 2.34. The molecule has 1 amide bonds. The highest BCUT2D eigenvalue weighted by molar-refractivity contribution is 7.13. The van der Waals surface area contributed by atoms with Crippen LogP contribution >= 0.6 is 11.3 Å². The predicted molar refractivity (Wildman–Crippen MR) is 92.2 cm³/mol. The smallest absolute Gasteiger partial charge is 0.228 e. The van der Waals surface area contributed by atoms with Crippen molar-refractivity contribution in [2.75, 3.05) is 6.54 Å². The van der Waals surface area contributed by atoms with E-state index in [4.69, 9.17) is 4.52 Å². The van der Waals surface area contributed by atoms with Crippen molar-refractivity contribution in [3.8, 4) is 10.6 Å². The second kappa shape index (κ2) is 6.48. The first kappa shape index (κ1) is 16.2. The molecule has 4 nitrogen and oxygen atoms in total. The summed E-state index contributed by atoms with van der Waals surface area (Å²) in [6, 6.07) is 6.07. The monoisotopic (exact) mass is 332 g/mol. The Balaban J connectivity index is 1.89. The summed E-state index contributed by atoms with van der Waals surface area (Å²) in [6.45, 7) is 6.76. The second-order valence-corrected chi connectivity index (χ2v) is 8.15. The highest BCUT2D eigenvalue weighted by atomic mass is 32.1. The van der Waals surface area contributed by atoms with E-state index in [9.17, 15) is 4.79 Å². The van der Waals surface area contributed by atoms with Crippen molar-refractivity contribution in [1.82, 2.24) is 10.1 Å². The Hall–Kier alpha value is -1.62. The molecule has 1 fully saturated rings. The normalized spacial score (nSPS) is 19.6. The lowest BCUT2D eigenvalue weighted by atomic mass is 9.93. The highest BCUT2D eigenvalue weighted by Crippen LogP contribution is 2.35. The summed E-state index contributed by atoms with van der Waals surface area (Å²) in [5.41, 5.74) is 0.510. The number of carbonyl (C=O) groups excluding carboxylic acids is 1. The van der Waals surface area contributed by atoms with Gasteiger partial charge in [-0.25, -0.2) is 0 Å². The maximum atomic E-state index is 12.9. The Morgan fingerprint density at radius 1 is 1.35 bits per heavy atom. The summed E-state index contributed by atoms with van der Waals surface area (Å²) in [4.78, 5) is 16.0. The summed E-state index contributed by atoms with van der Waals surface area (Å²) in [6.07, 6.45) is 4.31. The Labute approximate surface area is 141 Å². The first-order valence-corrected chi connectivity index (χ1v) is 9.16. The summed E-state index contributed by atoms with van der Waals surface area (Å²) in [7, 11) is 0. The molecule has 1 atom stereocenters. The maximum absolute atomic E-state index is 12.9. The van der Waals surface area contributed by atoms with Crippen LogP contribution in [0, 0.1) is 5.41 Å². The van der Waals surface area contributed by atoms with E-state index >= 15 is 0 Å². The number of aromatic nitrogens is 1. The van der Waals surface area contributed by atoms with Gasteiger partial charge in [-0.05, 0) is 24.3 Å². The summed E-state index contributed by atoms with van der Waals surface area (Å²) in [5, 5.41) is 6.32. The zero-order valence-electron chi connectivity index (χ0n) is 14.0. The fraction of sp³-hybridized carbons (Fsp3) is 0.556. The van der Waals surface area contributed by atoms with Crippen LogP contribution in [0.4, 0.5) is 0 Å². The van der Waals surface area contributed by atoms with Gasteiger partial charge in [0.05, 0.1) is 10.9 Å². The van der Waals surface area contributed by atoms with Crippen LogP contribution < -0.4 is 0 Å². The molecule has 0 unspecified atom stereocenters. The Kier molecular flexibility index (Phi) is 4.57. The molecular formula is C18H24N2O2S. The Morgan fingerprint density at radius 3 is 2.87 bits per heavy atom. The van der Waals surface area contributed by atoms with E-state index < -0.39 is 0 Å². The number of carbonyl (C=O) groups is 1. The van der Waals surface area contributed by atoms with Crippen LogP contribution in [0.1, 0.15) is 58.2 Å². The standard InChI is InChI=1S/C18H24N2O2S/c1-18(2,3)17(21)20-10-6-4-5-8-14(20)13-12-15(22-19-13)16-9-7-11-23-16/h7,9,11-12,14H,4-6,8,10H2,1-3H3/t14-/m0/s1. The van der Waals surface area contributed by atoms with Crippen LogP contribution in [-0.4, -0.2) is 22.5 Å². The Bertz CT molecular complexity index is 655. The number of rotatable bonds is 2. The van der Waals surface area contributed by atoms with Gasteiger partial charge in [0, 0.05) is 18.0 Å². The molecule has 0 spiro atoms. The minimum atomic E-state index is -0.372. The van der Waals surface area contributed by atoms with Gasteiger partial charge in [-0.1, -0.05) is 44.8 Å². The summed E-state index contributed by atoms with van der Waals surface area (Å²) < 4.78 is 5.54. The van der Waals surface area contributed by atoms with Crippen molar-refractivity contribution in [2.24, 2.45) is 5.41 Å². The molecule has 5 heteroatoms. The zero-order valence-corrected chi connectivity index (χ0v) is 14.9. The maximum Gasteiger partial charge on any atom is 0.228 e. The minimum Gasteiger partial charge on any atom is -0.355 e. The zero-order chi connectivity index (χ0) is 16.4. The average molecular weight is 332 g/mol. The van der Waals surface area contributed by atoms with Crippen LogP contribution in [-0.2, 0) is 4.79 Å². The molecule has 1 saturated heterocycles. The second-order valence-electron chi connectivity index (χ2n) is 7.21. The first-order valence-electron chi connectivity index (χ1n) is 8.28. The topological polar surface area (TPSA) is 46.3 Å². The molecule has 0 aliphatic carbocycles. The number of nitrogens with zero attached hydrogens (tertiary/aromatic N) is 2. The lowest BCUT2D eigenvalue weighted by Crippen LogP contribution is -2.41. The fourth-order valence-electron chi connectivity index (χ4n) is 3.07. The van der Waals surface area contributed by atoms with Crippen LogP contribution in [0.5, 0.6) is 0 Å². The van der Waals surface area contributed by atoms with Crippen molar-refractivity contribution >= 4 is 17.2 Å². The molecule has 1 aliphatic rings. The van der Waals surface area contributed by atoms with Gasteiger partial charge in [-0.15, -0.1) is 11.3 Å². The third-order valence-corrected chi connectivity index (χ3v) is 5.17. The predicted octanol–water partition coefficient (Wildman–Crippen LogP) is 4.89. The van der Waals surface area contributed by atoms with Crippen molar-refractivity contribution in [1.29, 1.82) is 0 Å². The fourth-order valence-corrected chi connectivity index (χ4v) is 3.74. The van der Waals surface area contributed by atoms with Gasteiger partial charge < -0.3 is 9.42 Å². The van der Waals surface area contributed by atoms with E-state index in [-0.39, 0.29) is 17.4 Å².